The van der Waals surface area contributed by atoms with Gasteiger partial charge in [-0.05, 0) is 48.3 Å². The van der Waals surface area contributed by atoms with Gasteiger partial charge in [0.15, 0.2) is 0 Å². The summed E-state index contributed by atoms with van der Waals surface area (Å²) < 4.78 is 0. The maximum atomic E-state index is 13.0. The normalized spacial score (nSPS) is 13.8. The molecule has 1 heterocycles. The maximum absolute atomic E-state index is 13.0. The van der Waals surface area contributed by atoms with Crippen LogP contribution in [0.1, 0.15) is 12.0 Å². The van der Waals surface area contributed by atoms with E-state index >= 15 is 0 Å². The fraction of sp³-hybridized carbons (Fsp3) is 0.286. The number of thioether (sulfide) groups is 1. The Morgan fingerprint density at radius 3 is 2.71 bits per heavy atom. The van der Waals surface area contributed by atoms with Crippen molar-refractivity contribution in [2.24, 2.45) is 0 Å². The van der Waals surface area contributed by atoms with Crippen molar-refractivity contribution < 1.29 is 14.4 Å². The molecule has 2 aromatic rings. The third-order valence-corrected chi connectivity index (χ3v) is 6.07. The average Bonchev–Trinajstić information content (AvgIpc) is 2.76. The molecule has 0 radical (unpaired) electrons. The van der Waals surface area contributed by atoms with E-state index in [1.807, 2.05) is 6.26 Å². The van der Waals surface area contributed by atoms with Crippen molar-refractivity contribution in [3.63, 3.8) is 0 Å². The molecule has 2 aromatic carbocycles. The number of amides is 4. The van der Waals surface area contributed by atoms with Crippen molar-refractivity contribution in [2.75, 3.05) is 28.8 Å². The standard InChI is InChI=1S/C21H22Cl2N4O3S/c1-31-9-8-17(20(29)24-11-13-6-7-14(22)15(23)10-13)26-21(30)27-12-19(28)25-16-4-2-3-5-18(16)27/h2-7,10,17H,8-9,11-12H2,1H3,(H,24,29)(H,25,28)(H,26,30)/t17-/m1/s1. The van der Waals surface area contributed by atoms with Gasteiger partial charge in [-0.2, -0.15) is 11.8 Å². The highest BCUT2D eigenvalue weighted by molar-refractivity contribution is 7.98. The molecule has 0 bridgehead atoms. The smallest absolute Gasteiger partial charge is 0.323 e. The average molecular weight is 481 g/mol. The summed E-state index contributed by atoms with van der Waals surface area (Å²) in [5.41, 5.74) is 1.93. The van der Waals surface area contributed by atoms with Gasteiger partial charge in [-0.25, -0.2) is 4.79 Å². The van der Waals surface area contributed by atoms with E-state index in [1.165, 1.54) is 4.90 Å². The highest BCUT2D eigenvalue weighted by Gasteiger charge is 2.29. The van der Waals surface area contributed by atoms with E-state index in [0.717, 1.165) is 5.56 Å². The molecule has 3 N–H and O–H groups in total. The molecule has 31 heavy (non-hydrogen) atoms. The highest BCUT2D eigenvalue weighted by atomic mass is 35.5. The quantitative estimate of drug-likeness (QED) is 0.560. The fourth-order valence-corrected chi connectivity index (χ4v) is 3.90. The molecule has 0 aliphatic carbocycles. The van der Waals surface area contributed by atoms with Gasteiger partial charge in [0.05, 0.1) is 21.4 Å². The van der Waals surface area contributed by atoms with Crippen LogP contribution in [-0.4, -0.2) is 42.4 Å². The number of hydrogen-bond donors (Lipinski definition) is 3. The van der Waals surface area contributed by atoms with Crippen molar-refractivity contribution in [2.45, 2.75) is 19.0 Å². The van der Waals surface area contributed by atoms with Gasteiger partial charge >= 0.3 is 6.03 Å². The van der Waals surface area contributed by atoms with Crippen LogP contribution in [-0.2, 0) is 16.1 Å². The third-order valence-electron chi connectivity index (χ3n) is 4.69. The molecule has 0 saturated heterocycles. The molecule has 10 heteroatoms. The van der Waals surface area contributed by atoms with Gasteiger partial charge in [0.1, 0.15) is 12.6 Å². The molecule has 0 aromatic heterocycles. The van der Waals surface area contributed by atoms with Crippen molar-refractivity contribution >= 4 is 64.2 Å². The lowest BCUT2D eigenvalue weighted by Crippen LogP contribution is -2.54. The largest absolute Gasteiger partial charge is 0.350 e. The number of anilines is 2. The summed E-state index contributed by atoms with van der Waals surface area (Å²) in [6.07, 6.45) is 2.37. The molecule has 0 fully saturated rings. The van der Waals surface area contributed by atoms with E-state index in [-0.39, 0.29) is 24.9 Å². The van der Waals surface area contributed by atoms with Gasteiger partial charge in [0.25, 0.3) is 0 Å². The number of nitrogens with one attached hydrogen (secondary N) is 3. The van der Waals surface area contributed by atoms with Crippen LogP contribution in [0.25, 0.3) is 0 Å². The van der Waals surface area contributed by atoms with Crippen LogP contribution in [0.5, 0.6) is 0 Å². The van der Waals surface area contributed by atoms with Gasteiger partial charge in [0, 0.05) is 6.54 Å². The van der Waals surface area contributed by atoms with Crippen LogP contribution in [0.4, 0.5) is 16.2 Å². The van der Waals surface area contributed by atoms with Crippen LogP contribution in [0.15, 0.2) is 42.5 Å². The zero-order valence-corrected chi connectivity index (χ0v) is 19.1. The minimum Gasteiger partial charge on any atom is -0.350 e. The number of para-hydroxylation sites is 2. The van der Waals surface area contributed by atoms with E-state index in [0.29, 0.717) is 33.6 Å². The first-order valence-corrected chi connectivity index (χ1v) is 11.7. The topological polar surface area (TPSA) is 90.5 Å². The minimum atomic E-state index is -0.750. The number of rotatable bonds is 7. The Kier molecular flexibility index (Phi) is 8.06. The maximum Gasteiger partial charge on any atom is 0.323 e. The number of urea groups is 1. The first kappa shape index (κ1) is 23.2. The predicted octanol–water partition coefficient (Wildman–Crippen LogP) is 3.90. The monoisotopic (exact) mass is 480 g/mol. The summed E-state index contributed by atoms with van der Waals surface area (Å²) in [7, 11) is 0. The van der Waals surface area contributed by atoms with E-state index in [9.17, 15) is 14.4 Å². The van der Waals surface area contributed by atoms with E-state index in [4.69, 9.17) is 23.2 Å². The lowest BCUT2D eigenvalue weighted by atomic mass is 10.1. The predicted molar refractivity (Wildman–Crippen MR) is 126 cm³/mol. The summed E-state index contributed by atoms with van der Waals surface area (Å²) in [5.74, 6) is 0.0733. The molecule has 1 aliphatic heterocycles. The fourth-order valence-electron chi connectivity index (χ4n) is 3.11. The second kappa shape index (κ2) is 10.7. The lowest BCUT2D eigenvalue weighted by Gasteiger charge is -2.30. The zero-order chi connectivity index (χ0) is 22.4. The van der Waals surface area contributed by atoms with Crippen molar-refractivity contribution in [1.82, 2.24) is 10.6 Å². The summed E-state index contributed by atoms with van der Waals surface area (Å²) in [6, 6.07) is 10.9. The minimum absolute atomic E-state index is 0.122. The summed E-state index contributed by atoms with van der Waals surface area (Å²) in [5, 5.41) is 9.18. The number of benzene rings is 2. The Balaban J connectivity index is 1.68. The van der Waals surface area contributed by atoms with Gasteiger partial charge < -0.3 is 16.0 Å². The third kappa shape index (κ3) is 6.06. The zero-order valence-electron chi connectivity index (χ0n) is 16.8. The molecule has 0 saturated carbocycles. The van der Waals surface area contributed by atoms with Gasteiger partial charge in [-0.3, -0.25) is 14.5 Å². The number of halogens is 2. The molecule has 1 aliphatic rings. The van der Waals surface area contributed by atoms with Crippen LogP contribution >= 0.6 is 35.0 Å². The molecule has 0 unspecified atom stereocenters. The first-order valence-electron chi connectivity index (χ1n) is 9.56. The van der Waals surface area contributed by atoms with Gasteiger partial charge in [-0.15, -0.1) is 0 Å². The molecule has 3 rings (SSSR count). The van der Waals surface area contributed by atoms with E-state index < -0.39 is 12.1 Å². The van der Waals surface area contributed by atoms with Crippen LogP contribution in [0.3, 0.4) is 0 Å². The number of carbonyl (C=O) groups excluding carboxylic acids is 3. The Morgan fingerprint density at radius 1 is 1.19 bits per heavy atom. The summed E-state index contributed by atoms with van der Waals surface area (Å²) in [6.45, 7) is 0.124. The summed E-state index contributed by atoms with van der Waals surface area (Å²) in [4.78, 5) is 39.1. The van der Waals surface area contributed by atoms with Crippen LogP contribution in [0.2, 0.25) is 10.0 Å². The van der Waals surface area contributed by atoms with Gasteiger partial charge in [-0.1, -0.05) is 41.4 Å². The molecular formula is C21H22Cl2N4O3S. The lowest BCUT2D eigenvalue weighted by molar-refractivity contribution is -0.123. The molecular weight excluding hydrogens is 459 g/mol. The SMILES string of the molecule is CSCC[C@@H](NC(=O)N1CC(=O)Nc2ccccc21)C(=O)NCc1ccc(Cl)c(Cl)c1. The second-order valence-electron chi connectivity index (χ2n) is 6.90. The molecule has 1 atom stereocenters. The number of nitrogens with zero attached hydrogens (tertiary/aromatic N) is 1. The molecule has 164 valence electrons. The number of carbonyl (C=O) groups is 3. The second-order valence-corrected chi connectivity index (χ2v) is 8.70. The Morgan fingerprint density at radius 2 is 1.97 bits per heavy atom. The van der Waals surface area contributed by atoms with E-state index in [2.05, 4.69) is 16.0 Å². The highest BCUT2D eigenvalue weighted by Crippen LogP contribution is 2.29. The van der Waals surface area contributed by atoms with Gasteiger partial charge in [0.2, 0.25) is 11.8 Å². The van der Waals surface area contributed by atoms with Crippen LogP contribution in [0, 0.1) is 0 Å². The summed E-state index contributed by atoms with van der Waals surface area (Å²) >= 11 is 13.5. The van der Waals surface area contributed by atoms with Crippen LogP contribution < -0.4 is 20.9 Å². The van der Waals surface area contributed by atoms with Crippen molar-refractivity contribution in [3.05, 3.63) is 58.1 Å². The number of hydrogen-bond acceptors (Lipinski definition) is 4. The van der Waals surface area contributed by atoms with E-state index in [1.54, 1.807) is 54.2 Å². The Labute approximate surface area is 194 Å². The molecule has 4 amide bonds. The first-order chi connectivity index (χ1) is 14.9. The van der Waals surface area contributed by atoms with Crippen molar-refractivity contribution in [1.29, 1.82) is 0 Å². The molecule has 0 spiro atoms. The number of fused-ring (bicyclic) bond motifs is 1. The van der Waals surface area contributed by atoms with Crippen molar-refractivity contribution in [3.8, 4) is 0 Å². The Hall–Kier alpha value is -2.42. The molecule has 7 nitrogen and oxygen atoms in total. The Bertz CT molecular complexity index is 989.